The Kier molecular flexibility index (Phi) is 5.34. The number of nitrogens with zero attached hydrogens (tertiary/aromatic N) is 1. The molecule has 1 rings (SSSR count). The van der Waals surface area contributed by atoms with Gasteiger partial charge in [0.05, 0.1) is 11.7 Å². The summed E-state index contributed by atoms with van der Waals surface area (Å²) in [6.45, 7) is 6.19. The minimum absolute atomic E-state index is 0.0624. The van der Waals surface area contributed by atoms with Crippen molar-refractivity contribution in [2.45, 2.75) is 31.8 Å². The summed E-state index contributed by atoms with van der Waals surface area (Å²) in [5.74, 6) is 1.12. The molecule has 0 saturated heterocycles. The van der Waals surface area contributed by atoms with Crippen LogP contribution in [0.1, 0.15) is 26.3 Å². The van der Waals surface area contributed by atoms with Crippen LogP contribution in [-0.4, -0.2) is 23.4 Å². The third-order valence-electron chi connectivity index (χ3n) is 2.82. The summed E-state index contributed by atoms with van der Waals surface area (Å²) in [6, 6.07) is 5.67. The zero-order valence-corrected chi connectivity index (χ0v) is 12.0. The van der Waals surface area contributed by atoms with E-state index in [1.165, 1.54) is 11.8 Å². The van der Waals surface area contributed by atoms with E-state index in [-0.39, 0.29) is 11.9 Å². The molecule has 100 valence electrons. The van der Waals surface area contributed by atoms with Gasteiger partial charge in [0, 0.05) is 4.90 Å². The summed E-state index contributed by atoms with van der Waals surface area (Å²) in [5, 5.41) is 12.0. The molecule has 0 aromatic heterocycles. The van der Waals surface area contributed by atoms with E-state index >= 15 is 0 Å². The van der Waals surface area contributed by atoms with Crippen LogP contribution in [0.25, 0.3) is 0 Å². The lowest BCUT2D eigenvalue weighted by molar-refractivity contribution is 0.169. The van der Waals surface area contributed by atoms with Crippen LogP contribution in [0.2, 0.25) is 0 Å². The van der Waals surface area contributed by atoms with Crippen molar-refractivity contribution in [2.24, 2.45) is 16.8 Å². The maximum atomic E-state index is 8.87. The Balaban J connectivity index is 3.18. The number of benzene rings is 1. The number of rotatable bonds is 5. The van der Waals surface area contributed by atoms with Crippen molar-refractivity contribution < 1.29 is 9.94 Å². The molecule has 0 saturated carbocycles. The van der Waals surface area contributed by atoms with E-state index in [1.54, 1.807) is 0 Å². The molecule has 1 atom stereocenters. The van der Waals surface area contributed by atoms with Crippen molar-refractivity contribution >= 4 is 17.6 Å². The second kappa shape index (κ2) is 6.54. The summed E-state index contributed by atoms with van der Waals surface area (Å²) in [7, 11) is 0. The second-order valence-corrected chi connectivity index (χ2v) is 5.23. The van der Waals surface area contributed by atoms with Crippen LogP contribution in [0, 0.1) is 5.92 Å². The van der Waals surface area contributed by atoms with Gasteiger partial charge in [0.1, 0.15) is 5.75 Å². The van der Waals surface area contributed by atoms with E-state index in [9.17, 15) is 0 Å². The molecule has 0 radical (unpaired) electrons. The maximum Gasteiger partial charge on any atom is 0.174 e. The average Bonchev–Trinajstić information content (AvgIpc) is 2.37. The number of amidine groups is 1. The Morgan fingerprint density at radius 1 is 1.39 bits per heavy atom. The molecule has 0 aliphatic carbocycles. The van der Waals surface area contributed by atoms with Gasteiger partial charge in [0.15, 0.2) is 5.84 Å². The molecule has 0 bridgehead atoms. The molecule has 1 unspecified atom stereocenters. The number of hydrogen-bond donors (Lipinski definition) is 2. The Labute approximate surface area is 112 Å². The van der Waals surface area contributed by atoms with Gasteiger partial charge in [-0.05, 0) is 31.2 Å². The van der Waals surface area contributed by atoms with Gasteiger partial charge in [-0.3, -0.25) is 0 Å². The predicted octanol–water partition coefficient (Wildman–Crippen LogP) is 2.93. The van der Waals surface area contributed by atoms with Crippen LogP contribution in [-0.2, 0) is 0 Å². The van der Waals surface area contributed by atoms with Crippen LogP contribution in [0.5, 0.6) is 5.75 Å². The van der Waals surface area contributed by atoms with Gasteiger partial charge in [0.2, 0.25) is 0 Å². The summed E-state index contributed by atoms with van der Waals surface area (Å²) < 4.78 is 5.89. The van der Waals surface area contributed by atoms with E-state index in [0.717, 1.165) is 4.90 Å². The maximum absolute atomic E-state index is 8.87. The monoisotopic (exact) mass is 268 g/mol. The average molecular weight is 268 g/mol. The van der Waals surface area contributed by atoms with Crippen LogP contribution in [0.15, 0.2) is 28.3 Å². The molecule has 0 aliphatic heterocycles. The molecule has 4 nitrogen and oxygen atoms in total. The molecular formula is C13H20N2O2S. The number of oxime groups is 1. The lowest BCUT2D eigenvalue weighted by atomic mass is 10.1. The fourth-order valence-electron chi connectivity index (χ4n) is 1.42. The van der Waals surface area contributed by atoms with E-state index in [2.05, 4.69) is 19.0 Å². The zero-order valence-electron chi connectivity index (χ0n) is 11.2. The first-order valence-corrected chi connectivity index (χ1v) is 7.05. The zero-order chi connectivity index (χ0) is 13.7. The molecule has 1 aromatic carbocycles. The molecule has 0 heterocycles. The Bertz CT molecular complexity index is 433. The fraction of sp³-hybridized carbons (Fsp3) is 0.462. The number of ether oxygens (including phenoxy) is 1. The first-order chi connectivity index (χ1) is 8.51. The minimum atomic E-state index is 0.0624. The number of nitrogens with two attached hydrogens (primary N) is 1. The van der Waals surface area contributed by atoms with Gasteiger partial charge in [-0.2, -0.15) is 0 Å². The van der Waals surface area contributed by atoms with Crippen molar-refractivity contribution in [1.29, 1.82) is 0 Å². The van der Waals surface area contributed by atoms with Gasteiger partial charge in [0.25, 0.3) is 0 Å². The van der Waals surface area contributed by atoms with Crippen molar-refractivity contribution in [3.63, 3.8) is 0 Å². The van der Waals surface area contributed by atoms with E-state index in [1.807, 2.05) is 31.4 Å². The van der Waals surface area contributed by atoms with Crippen LogP contribution in [0.3, 0.4) is 0 Å². The third-order valence-corrected chi connectivity index (χ3v) is 3.60. The SMILES string of the molecule is CSc1cccc(OC(C)C(C)C)c1/C(N)=N/O. The van der Waals surface area contributed by atoms with Gasteiger partial charge in [-0.25, -0.2) is 0 Å². The van der Waals surface area contributed by atoms with Gasteiger partial charge < -0.3 is 15.7 Å². The highest BCUT2D eigenvalue weighted by molar-refractivity contribution is 7.98. The standard InChI is InChI=1S/C13H20N2O2S/c1-8(2)9(3)17-10-6-5-7-11(18-4)12(10)13(14)15-16/h5-9,16H,1-4H3,(H2,14,15). The van der Waals surface area contributed by atoms with Crippen molar-refractivity contribution in [2.75, 3.05) is 6.26 Å². The normalized spacial score (nSPS) is 13.7. The highest BCUT2D eigenvalue weighted by atomic mass is 32.2. The highest BCUT2D eigenvalue weighted by Crippen LogP contribution is 2.30. The lowest BCUT2D eigenvalue weighted by Gasteiger charge is -2.21. The summed E-state index contributed by atoms with van der Waals surface area (Å²) in [4.78, 5) is 0.929. The largest absolute Gasteiger partial charge is 0.490 e. The molecule has 5 heteroatoms. The predicted molar refractivity (Wildman–Crippen MR) is 75.7 cm³/mol. The molecule has 0 amide bonds. The van der Waals surface area contributed by atoms with E-state index in [0.29, 0.717) is 17.2 Å². The molecule has 3 N–H and O–H groups in total. The van der Waals surface area contributed by atoms with Crippen molar-refractivity contribution in [3.05, 3.63) is 23.8 Å². The first-order valence-electron chi connectivity index (χ1n) is 5.82. The second-order valence-electron chi connectivity index (χ2n) is 4.39. The van der Waals surface area contributed by atoms with Crippen molar-refractivity contribution in [3.8, 4) is 5.75 Å². The van der Waals surface area contributed by atoms with Crippen LogP contribution >= 0.6 is 11.8 Å². The summed E-state index contributed by atoms with van der Waals surface area (Å²) >= 11 is 1.54. The Morgan fingerprint density at radius 2 is 2.06 bits per heavy atom. The van der Waals surface area contributed by atoms with Gasteiger partial charge in [-0.15, -0.1) is 11.8 Å². The summed E-state index contributed by atoms with van der Waals surface area (Å²) in [5.41, 5.74) is 6.38. The van der Waals surface area contributed by atoms with E-state index in [4.69, 9.17) is 15.7 Å². The van der Waals surface area contributed by atoms with Crippen LogP contribution < -0.4 is 10.5 Å². The van der Waals surface area contributed by atoms with Gasteiger partial charge >= 0.3 is 0 Å². The third kappa shape index (κ3) is 3.32. The topological polar surface area (TPSA) is 67.8 Å². The van der Waals surface area contributed by atoms with Crippen molar-refractivity contribution in [1.82, 2.24) is 0 Å². The molecule has 18 heavy (non-hydrogen) atoms. The Morgan fingerprint density at radius 3 is 2.56 bits per heavy atom. The molecular weight excluding hydrogens is 248 g/mol. The number of hydrogen-bond acceptors (Lipinski definition) is 4. The highest BCUT2D eigenvalue weighted by Gasteiger charge is 2.17. The van der Waals surface area contributed by atoms with Gasteiger partial charge in [-0.1, -0.05) is 25.1 Å². The number of thioether (sulfide) groups is 1. The van der Waals surface area contributed by atoms with Crippen LogP contribution in [0.4, 0.5) is 0 Å². The molecule has 0 fully saturated rings. The Hall–Kier alpha value is -1.36. The fourth-order valence-corrected chi connectivity index (χ4v) is 2.04. The summed E-state index contributed by atoms with van der Waals surface area (Å²) in [6.07, 6.45) is 2.01. The molecule has 0 aliphatic rings. The van der Waals surface area contributed by atoms with E-state index < -0.39 is 0 Å². The first kappa shape index (κ1) is 14.7. The lowest BCUT2D eigenvalue weighted by Crippen LogP contribution is -2.22. The molecule has 0 spiro atoms. The smallest absolute Gasteiger partial charge is 0.174 e. The molecule has 1 aromatic rings. The minimum Gasteiger partial charge on any atom is -0.490 e. The quantitative estimate of drug-likeness (QED) is 0.283.